The number of nitrogens with zero attached hydrogens (tertiary/aromatic N) is 1. The molecule has 1 aliphatic heterocycles. The maximum atomic E-state index is 12.6. The van der Waals surface area contributed by atoms with Gasteiger partial charge >= 0.3 is 5.97 Å². The molecular formula is C20H22BrNO6S. The van der Waals surface area contributed by atoms with Crippen molar-refractivity contribution in [2.75, 3.05) is 19.8 Å². The van der Waals surface area contributed by atoms with Crippen molar-refractivity contribution in [2.45, 2.75) is 26.9 Å². The Morgan fingerprint density at radius 1 is 1.31 bits per heavy atom. The minimum Gasteiger partial charge on any atom is -0.490 e. The lowest BCUT2D eigenvalue weighted by Gasteiger charge is -2.14. The number of hydrogen-bond acceptors (Lipinski definition) is 7. The number of halogens is 1. The summed E-state index contributed by atoms with van der Waals surface area (Å²) in [6.45, 7) is 9.18. The lowest BCUT2D eigenvalue weighted by molar-refractivity contribution is -0.149. The lowest BCUT2D eigenvalue weighted by atomic mass is 10.2. The average Bonchev–Trinajstić information content (AvgIpc) is 2.88. The molecule has 1 aromatic rings. The quantitative estimate of drug-likeness (QED) is 0.292. The second kappa shape index (κ2) is 10.5. The summed E-state index contributed by atoms with van der Waals surface area (Å²) in [6, 6.07) is 3.47. The van der Waals surface area contributed by atoms with Gasteiger partial charge in [0, 0.05) is 0 Å². The number of esters is 1. The van der Waals surface area contributed by atoms with E-state index >= 15 is 0 Å². The molecule has 0 spiro atoms. The topological polar surface area (TPSA) is 82.1 Å². The van der Waals surface area contributed by atoms with Gasteiger partial charge in [-0.05, 0) is 72.2 Å². The maximum Gasteiger partial charge on any atom is 0.326 e. The number of benzene rings is 1. The van der Waals surface area contributed by atoms with Crippen LogP contribution in [0.3, 0.4) is 0 Å². The van der Waals surface area contributed by atoms with E-state index in [2.05, 4.69) is 22.5 Å². The summed E-state index contributed by atoms with van der Waals surface area (Å²) in [4.78, 5) is 37.6. The summed E-state index contributed by atoms with van der Waals surface area (Å²) in [5.74, 6) is -0.154. The van der Waals surface area contributed by atoms with E-state index in [1.165, 1.54) is 0 Å². The van der Waals surface area contributed by atoms with E-state index in [0.29, 0.717) is 34.7 Å². The number of rotatable bonds is 9. The van der Waals surface area contributed by atoms with Gasteiger partial charge in [0.15, 0.2) is 11.5 Å². The molecule has 2 amide bonds. The van der Waals surface area contributed by atoms with Gasteiger partial charge in [-0.3, -0.25) is 19.3 Å². The van der Waals surface area contributed by atoms with E-state index in [0.717, 1.165) is 16.7 Å². The number of ether oxygens (including phenoxy) is 3. The third-order valence-corrected chi connectivity index (χ3v) is 5.00. The standard InChI is InChI=1S/C20H22BrNO6S/c1-5-7-27-18-14(21)8-13(9-15(18)26-6-2)10-16-19(24)22(20(25)29-16)11-17(23)28-12(3)4/h5,8-10,12H,1,6-7,11H2,2-4H3/b16-10+. The molecule has 0 radical (unpaired) electrons. The minimum absolute atomic E-state index is 0.210. The first kappa shape index (κ1) is 23.0. The summed E-state index contributed by atoms with van der Waals surface area (Å²) in [6.07, 6.45) is 2.87. The second-order valence-corrected chi connectivity index (χ2v) is 8.02. The van der Waals surface area contributed by atoms with Crippen LogP contribution in [0, 0.1) is 0 Å². The number of carbonyl (C=O) groups is 3. The molecule has 7 nitrogen and oxygen atoms in total. The van der Waals surface area contributed by atoms with Crippen LogP contribution in [0.2, 0.25) is 0 Å². The van der Waals surface area contributed by atoms with Crippen LogP contribution in [0.4, 0.5) is 4.79 Å². The van der Waals surface area contributed by atoms with Gasteiger partial charge in [-0.2, -0.15) is 0 Å². The van der Waals surface area contributed by atoms with Crippen molar-refractivity contribution >= 4 is 50.9 Å². The zero-order valence-corrected chi connectivity index (χ0v) is 18.8. The third-order valence-electron chi connectivity index (χ3n) is 3.50. The summed E-state index contributed by atoms with van der Waals surface area (Å²) < 4.78 is 16.9. The summed E-state index contributed by atoms with van der Waals surface area (Å²) in [7, 11) is 0. The first-order chi connectivity index (χ1) is 13.8. The van der Waals surface area contributed by atoms with Crippen LogP contribution in [0.25, 0.3) is 6.08 Å². The largest absolute Gasteiger partial charge is 0.490 e. The second-order valence-electron chi connectivity index (χ2n) is 6.17. The Kier molecular flexibility index (Phi) is 8.33. The fraction of sp³-hybridized carbons (Fsp3) is 0.350. The molecule has 9 heteroatoms. The van der Waals surface area contributed by atoms with Gasteiger partial charge in [0.05, 0.1) is 22.1 Å². The molecule has 0 saturated carbocycles. The summed E-state index contributed by atoms with van der Waals surface area (Å²) >= 11 is 4.21. The van der Waals surface area contributed by atoms with Crippen molar-refractivity contribution in [2.24, 2.45) is 0 Å². The van der Waals surface area contributed by atoms with E-state index in [9.17, 15) is 14.4 Å². The first-order valence-corrected chi connectivity index (χ1v) is 10.5. The van der Waals surface area contributed by atoms with E-state index in [1.807, 2.05) is 6.92 Å². The van der Waals surface area contributed by atoms with Gasteiger partial charge in [-0.1, -0.05) is 12.7 Å². The van der Waals surface area contributed by atoms with Crippen LogP contribution in [0.1, 0.15) is 26.3 Å². The molecule has 0 aliphatic carbocycles. The first-order valence-electron chi connectivity index (χ1n) is 8.91. The highest BCUT2D eigenvalue weighted by atomic mass is 79.9. The Bertz CT molecular complexity index is 852. The molecule has 1 saturated heterocycles. The highest BCUT2D eigenvalue weighted by Gasteiger charge is 2.36. The van der Waals surface area contributed by atoms with Crippen molar-refractivity contribution in [3.05, 3.63) is 39.7 Å². The van der Waals surface area contributed by atoms with Crippen LogP contribution in [0.15, 0.2) is 34.2 Å². The van der Waals surface area contributed by atoms with Crippen LogP contribution in [-0.2, 0) is 14.3 Å². The number of imide groups is 1. The Morgan fingerprint density at radius 3 is 2.66 bits per heavy atom. The highest BCUT2D eigenvalue weighted by molar-refractivity contribution is 9.10. The Hall–Kier alpha value is -2.26. The Morgan fingerprint density at radius 2 is 2.03 bits per heavy atom. The molecule has 1 aliphatic rings. The van der Waals surface area contributed by atoms with Crippen molar-refractivity contribution in [3.63, 3.8) is 0 Å². The van der Waals surface area contributed by atoms with Gasteiger partial charge in [0.1, 0.15) is 13.2 Å². The monoisotopic (exact) mass is 483 g/mol. The number of amides is 2. The number of carbonyl (C=O) groups excluding carboxylic acids is 3. The van der Waals surface area contributed by atoms with E-state index in [-0.39, 0.29) is 11.0 Å². The Labute approximate surface area is 182 Å². The molecule has 0 atom stereocenters. The zero-order valence-electron chi connectivity index (χ0n) is 16.4. The van der Waals surface area contributed by atoms with Crippen LogP contribution in [-0.4, -0.2) is 47.9 Å². The summed E-state index contributed by atoms with van der Waals surface area (Å²) in [5, 5.41) is -0.517. The van der Waals surface area contributed by atoms with E-state index in [4.69, 9.17) is 14.2 Å². The number of hydrogen-bond donors (Lipinski definition) is 0. The smallest absolute Gasteiger partial charge is 0.326 e. The molecule has 2 rings (SSSR count). The molecule has 1 heterocycles. The van der Waals surface area contributed by atoms with Crippen LogP contribution >= 0.6 is 27.7 Å². The third kappa shape index (κ3) is 6.11. The average molecular weight is 484 g/mol. The van der Waals surface area contributed by atoms with Gasteiger partial charge in [0.2, 0.25) is 0 Å². The van der Waals surface area contributed by atoms with Gasteiger partial charge in [-0.15, -0.1) is 0 Å². The van der Waals surface area contributed by atoms with Crippen molar-refractivity contribution in [3.8, 4) is 11.5 Å². The fourth-order valence-corrected chi connectivity index (χ4v) is 3.85. The molecule has 0 bridgehead atoms. The highest BCUT2D eigenvalue weighted by Crippen LogP contribution is 2.39. The predicted molar refractivity (Wildman–Crippen MR) is 115 cm³/mol. The molecule has 29 heavy (non-hydrogen) atoms. The molecule has 0 aromatic heterocycles. The molecule has 156 valence electrons. The lowest BCUT2D eigenvalue weighted by Crippen LogP contribution is -2.35. The van der Waals surface area contributed by atoms with Gasteiger partial charge in [-0.25, -0.2) is 0 Å². The van der Waals surface area contributed by atoms with E-state index in [1.54, 1.807) is 38.1 Å². The molecule has 1 aromatic carbocycles. The van der Waals surface area contributed by atoms with Crippen molar-refractivity contribution in [1.82, 2.24) is 4.90 Å². The van der Waals surface area contributed by atoms with E-state index < -0.39 is 23.7 Å². The zero-order chi connectivity index (χ0) is 21.6. The van der Waals surface area contributed by atoms with Gasteiger partial charge < -0.3 is 14.2 Å². The van der Waals surface area contributed by atoms with Crippen LogP contribution in [0.5, 0.6) is 11.5 Å². The molecule has 0 N–H and O–H groups in total. The molecule has 1 fully saturated rings. The van der Waals surface area contributed by atoms with Crippen molar-refractivity contribution in [1.29, 1.82) is 0 Å². The predicted octanol–water partition coefficient (Wildman–Crippen LogP) is 4.40. The van der Waals surface area contributed by atoms with Gasteiger partial charge in [0.25, 0.3) is 11.1 Å². The van der Waals surface area contributed by atoms with Crippen LogP contribution < -0.4 is 9.47 Å². The number of thioether (sulfide) groups is 1. The fourth-order valence-electron chi connectivity index (χ4n) is 2.43. The maximum absolute atomic E-state index is 12.6. The minimum atomic E-state index is -0.631. The molecule has 0 unspecified atom stereocenters. The normalized spacial score (nSPS) is 15.2. The Balaban J connectivity index is 2.27. The van der Waals surface area contributed by atoms with Crippen molar-refractivity contribution < 1.29 is 28.6 Å². The summed E-state index contributed by atoms with van der Waals surface area (Å²) in [5.41, 5.74) is 0.640. The molecular weight excluding hydrogens is 462 g/mol. The SMILES string of the molecule is C=CCOc1c(Br)cc(/C=C2/SC(=O)N(CC(=O)OC(C)C)C2=O)cc1OCC.